The zero-order chi connectivity index (χ0) is 28.0. The van der Waals surface area contributed by atoms with E-state index >= 15 is 0 Å². The fraction of sp³-hybridized carbons (Fsp3) is 0.643. The van der Waals surface area contributed by atoms with Gasteiger partial charge in [0.2, 0.25) is 5.91 Å². The summed E-state index contributed by atoms with van der Waals surface area (Å²) < 4.78 is 0. The number of aryl methyl sites for hydroxylation is 1. The van der Waals surface area contributed by atoms with E-state index < -0.39 is 0 Å². The summed E-state index contributed by atoms with van der Waals surface area (Å²) in [6.07, 6.45) is 3.33. The molecule has 2 aromatic heterocycles. The molecule has 0 radical (unpaired) electrons. The zero-order valence-electron chi connectivity index (χ0n) is 24.2. The Morgan fingerprint density at radius 3 is 2.42 bits per heavy atom. The summed E-state index contributed by atoms with van der Waals surface area (Å²) in [5, 5.41) is 18.0. The fourth-order valence-electron chi connectivity index (χ4n) is 5.16. The van der Waals surface area contributed by atoms with Crippen LogP contribution in [0, 0.1) is 11.3 Å². The molecule has 206 valence electrons. The van der Waals surface area contributed by atoms with E-state index in [9.17, 15) is 10.1 Å². The van der Waals surface area contributed by atoms with E-state index in [1.165, 1.54) is 0 Å². The summed E-state index contributed by atoms with van der Waals surface area (Å²) in [5.41, 5.74) is 2.15. The van der Waals surface area contributed by atoms with E-state index in [0.717, 1.165) is 48.0 Å². The molecule has 5 rings (SSSR count). The van der Waals surface area contributed by atoms with Crippen molar-refractivity contribution in [3.8, 4) is 6.07 Å². The van der Waals surface area contributed by atoms with Gasteiger partial charge in [-0.05, 0) is 37.1 Å². The van der Waals surface area contributed by atoms with E-state index in [1.807, 2.05) is 45.6 Å². The smallest absolute Gasteiger partial charge is 0.236 e. The molecule has 3 aliphatic heterocycles. The number of rotatable bonds is 4. The number of carbonyl (C=O) groups excluding carboxylic acids is 1. The minimum atomic E-state index is -0.202. The van der Waals surface area contributed by atoms with Gasteiger partial charge >= 0.3 is 0 Å². The highest BCUT2D eigenvalue weighted by Crippen LogP contribution is 2.46. The highest BCUT2D eigenvalue weighted by molar-refractivity contribution is 8.01. The molecule has 0 N–H and O–H groups in total. The maximum absolute atomic E-state index is 12.8. The van der Waals surface area contributed by atoms with Crippen LogP contribution in [0.2, 0.25) is 0 Å². The Hall–Kier alpha value is -2.93. The third-order valence-electron chi connectivity index (χ3n) is 7.10. The monoisotopic (exact) mass is 538 g/mol. The number of hydrogen-bond donors (Lipinski definition) is 0. The van der Waals surface area contributed by atoms with Crippen molar-refractivity contribution in [2.45, 2.75) is 84.9 Å². The first-order valence-electron chi connectivity index (χ1n) is 13.9. The van der Waals surface area contributed by atoms with E-state index in [1.54, 1.807) is 18.1 Å². The zero-order valence-corrected chi connectivity index (χ0v) is 25.0. The second-order valence-corrected chi connectivity index (χ2v) is 11.2. The average molecular weight is 539 g/mol. The molecule has 2 saturated heterocycles. The summed E-state index contributed by atoms with van der Waals surface area (Å²) in [6, 6.07) is 4.21. The Balaban J connectivity index is 0.000000956. The number of fused-ring (bicyclic) bond motifs is 1. The maximum Gasteiger partial charge on any atom is 0.236 e. The van der Waals surface area contributed by atoms with E-state index in [4.69, 9.17) is 4.98 Å². The number of aromatic nitrogens is 4. The van der Waals surface area contributed by atoms with Crippen LogP contribution in [0.1, 0.15) is 78.6 Å². The number of anilines is 3. The molecule has 0 saturated carbocycles. The van der Waals surface area contributed by atoms with Gasteiger partial charge in [0.1, 0.15) is 24.0 Å². The highest BCUT2D eigenvalue weighted by atomic mass is 32.2. The van der Waals surface area contributed by atoms with Crippen LogP contribution >= 0.6 is 11.8 Å². The molecule has 2 aromatic rings. The summed E-state index contributed by atoms with van der Waals surface area (Å²) in [5.74, 6) is 3.86. The Morgan fingerprint density at radius 2 is 1.84 bits per heavy atom. The van der Waals surface area contributed by atoms with Crippen molar-refractivity contribution in [3.05, 3.63) is 29.2 Å². The van der Waals surface area contributed by atoms with Crippen LogP contribution in [0.4, 0.5) is 17.5 Å². The van der Waals surface area contributed by atoms with Crippen molar-refractivity contribution >= 4 is 35.1 Å². The predicted molar refractivity (Wildman–Crippen MR) is 155 cm³/mol. The van der Waals surface area contributed by atoms with Crippen LogP contribution < -0.4 is 9.80 Å². The third kappa shape index (κ3) is 5.58. The summed E-state index contributed by atoms with van der Waals surface area (Å²) in [4.78, 5) is 28.7. The first-order chi connectivity index (χ1) is 18.3. The van der Waals surface area contributed by atoms with Crippen molar-refractivity contribution < 1.29 is 4.79 Å². The average Bonchev–Trinajstić information content (AvgIpc) is 3.20. The first-order valence-corrected chi connectivity index (χ1v) is 15.0. The lowest BCUT2D eigenvalue weighted by Crippen LogP contribution is -2.57. The van der Waals surface area contributed by atoms with Gasteiger partial charge in [0.15, 0.2) is 11.5 Å². The van der Waals surface area contributed by atoms with Crippen LogP contribution in [-0.4, -0.2) is 74.2 Å². The topological polar surface area (TPSA) is 102 Å². The number of carbonyl (C=O) groups is 1. The van der Waals surface area contributed by atoms with E-state index in [-0.39, 0.29) is 22.6 Å². The Bertz CT molecular complexity index is 1160. The molecule has 38 heavy (non-hydrogen) atoms. The third-order valence-corrected chi connectivity index (χ3v) is 8.41. The van der Waals surface area contributed by atoms with Crippen molar-refractivity contribution in [2.24, 2.45) is 0 Å². The van der Waals surface area contributed by atoms with E-state index in [2.05, 4.69) is 51.8 Å². The number of nitriles is 1. The van der Waals surface area contributed by atoms with Gasteiger partial charge in [0, 0.05) is 43.2 Å². The Kier molecular flexibility index (Phi) is 9.94. The van der Waals surface area contributed by atoms with Crippen molar-refractivity contribution in [3.63, 3.8) is 0 Å². The van der Waals surface area contributed by atoms with Gasteiger partial charge in [-0.2, -0.15) is 5.26 Å². The number of hydrogen-bond acceptors (Lipinski definition) is 9. The van der Waals surface area contributed by atoms with Gasteiger partial charge in [-0.1, -0.05) is 48.5 Å². The largest absolute Gasteiger partial charge is 0.352 e. The standard InChI is InChI=1S/C24H30N8OS.2C2H6/c1-5-16-10-19(29-28-17(16)11-25)32-13-24(3,4)20-21(26-14-27-22(20)32)30-7-8-31(15(2)12-30)23(33)18-6-9-34-18;2*1-2/h10,14-15,18H,5-9,12-13H2,1-4H3;2*1-2H3. The molecule has 9 nitrogen and oxygen atoms in total. The predicted octanol–water partition coefficient (Wildman–Crippen LogP) is 4.72. The molecule has 2 atom stereocenters. The van der Waals surface area contributed by atoms with Gasteiger partial charge in [-0.25, -0.2) is 9.97 Å². The molecule has 10 heteroatoms. The molecule has 0 spiro atoms. The quantitative estimate of drug-likeness (QED) is 0.547. The maximum atomic E-state index is 12.8. The molecular formula is C28H42N8OS. The molecular weight excluding hydrogens is 496 g/mol. The number of piperazine rings is 1. The molecule has 1 amide bonds. The molecule has 2 unspecified atom stereocenters. The van der Waals surface area contributed by atoms with Gasteiger partial charge in [0.25, 0.3) is 0 Å². The molecule has 0 aliphatic carbocycles. The molecule has 2 fully saturated rings. The van der Waals surface area contributed by atoms with Gasteiger partial charge in [0.05, 0.1) is 5.25 Å². The molecule has 0 aromatic carbocycles. The lowest BCUT2D eigenvalue weighted by Gasteiger charge is -2.43. The molecule has 5 heterocycles. The highest BCUT2D eigenvalue weighted by Gasteiger charge is 2.43. The van der Waals surface area contributed by atoms with Gasteiger partial charge in [-0.3, -0.25) is 4.79 Å². The normalized spacial score (nSPS) is 21.2. The fourth-order valence-corrected chi connectivity index (χ4v) is 5.91. The number of nitrogens with zero attached hydrogens (tertiary/aromatic N) is 8. The lowest BCUT2D eigenvalue weighted by atomic mass is 9.87. The van der Waals surface area contributed by atoms with Crippen LogP contribution in [0.15, 0.2) is 12.4 Å². The van der Waals surface area contributed by atoms with Crippen molar-refractivity contribution in [1.29, 1.82) is 5.26 Å². The summed E-state index contributed by atoms with van der Waals surface area (Å²) in [6.45, 7) is 19.5. The van der Waals surface area contributed by atoms with Crippen molar-refractivity contribution in [1.82, 2.24) is 25.1 Å². The summed E-state index contributed by atoms with van der Waals surface area (Å²) >= 11 is 1.77. The van der Waals surface area contributed by atoms with Gasteiger partial charge < -0.3 is 14.7 Å². The second kappa shape index (κ2) is 12.7. The van der Waals surface area contributed by atoms with Crippen molar-refractivity contribution in [2.75, 3.05) is 41.7 Å². The molecule has 3 aliphatic rings. The minimum absolute atomic E-state index is 0.130. The van der Waals surface area contributed by atoms with Gasteiger partial charge in [-0.15, -0.1) is 22.0 Å². The van der Waals surface area contributed by atoms with Crippen LogP contribution in [0.25, 0.3) is 0 Å². The van der Waals surface area contributed by atoms with E-state index in [0.29, 0.717) is 31.0 Å². The lowest BCUT2D eigenvalue weighted by molar-refractivity contribution is -0.133. The van der Waals surface area contributed by atoms with Crippen LogP contribution in [0.3, 0.4) is 0 Å². The Labute approximate surface area is 232 Å². The molecule has 0 bridgehead atoms. The minimum Gasteiger partial charge on any atom is -0.352 e. The first kappa shape index (κ1) is 29.6. The summed E-state index contributed by atoms with van der Waals surface area (Å²) in [7, 11) is 0. The van der Waals surface area contributed by atoms with Crippen LogP contribution in [-0.2, 0) is 16.6 Å². The van der Waals surface area contributed by atoms with Crippen LogP contribution in [0.5, 0.6) is 0 Å². The SMILES string of the molecule is CC.CC.CCc1cc(N2CC(C)(C)c3c(N4CCN(C(=O)C5CCS5)C(C)C4)ncnc32)nnc1C#N. The number of amides is 1. The second-order valence-electron chi connectivity index (χ2n) is 9.88. The Morgan fingerprint density at radius 1 is 1.16 bits per heavy atom. The number of thioether (sulfide) groups is 1.